The lowest BCUT2D eigenvalue weighted by molar-refractivity contribution is 0.0679. The number of amides is 1. The average molecular weight is 333 g/mol. The fraction of sp³-hybridized carbons (Fsp3) is 0.375. The summed E-state index contributed by atoms with van der Waals surface area (Å²) < 4.78 is 25.3. The molecular formula is C16H19N3O3S. The minimum atomic E-state index is -3.32. The Morgan fingerprint density at radius 3 is 2.87 bits per heavy atom. The molecule has 2 heterocycles. The molecule has 0 N–H and O–H groups in total. The lowest BCUT2D eigenvalue weighted by Gasteiger charge is -2.33. The molecule has 0 spiro atoms. The molecule has 1 unspecified atom stereocenters. The lowest BCUT2D eigenvalue weighted by Crippen LogP contribution is -2.40. The fourth-order valence-electron chi connectivity index (χ4n) is 2.91. The van der Waals surface area contributed by atoms with Crippen LogP contribution in [0.25, 0.3) is 0 Å². The summed E-state index contributed by atoms with van der Waals surface area (Å²) in [6.07, 6.45) is 8.47. The minimum Gasteiger partial charge on any atom is -0.337 e. The summed E-state index contributed by atoms with van der Waals surface area (Å²) in [6, 6.07) is 6.46. The number of benzene rings is 1. The number of hydrogen-bond acceptors (Lipinski definition) is 4. The van der Waals surface area contributed by atoms with E-state index >= 15 is 0 Å². The van der Waals surface area contributed by atoms with Crippen LogP contribution >= 0.6 is 0 Å². The highest BCUT2D eigenvalue weighted by Gasteiger charge is 2.25. The van der Waals surface area contributed by atoms with Crippen LogP contribution in [0.3, 0.4) is 0 Å². The van der Waals surface area contributed by atoms with Crippen molar-refractivity contribution in [3.8, 4) is 0 Å². The van der Waals surface area contributed by atoms with Gasteiger partial charge in [0.1, 0.15) is 0 Å². The van der Waals surface area contributed by atoms with Crippen molar-refractivity contribution in [2.24, 2.45) is 0 Å². The predicted octanol–water partition coefficient (Wildman–Crippen LogP) is 1.76. The molecule has 2 aromatic rings. The number of carbonyl (C=O) groups excluding carboxylic acids is 1. The number of hydrogen-bond donors (Lipinski definition) is 0. The zero-order chi connectivity index (χ0) is 16.4. The van der Waals surface area contributed by atoms with Gasteiger partial charge in [-0.3, -0.25) is 4.79 Å². The second-order valence-corrected chi connectivity index (χ2v) is 7.87. The maximum absolute atomic E-state index is 12.7. The average Bonchev–Trinajstić information content (AvgIpc) is 3.08. The molecule has 1 saturated heterocycles. The van der Waals surface area contributed by atoms with Crippen LogP contribution in [0.4, 0.5) is 0 Å². The summed E-state index contributed by atoms with van der Waals surface area (Å²) in [7, 11) is -3.32. The fourth-order valence-corrected chi connectivity index (χ4v) is 3.58. The molecule has 122 valence electrons. The highest BCUT2D eigenvalue weighted by Crippen LogP contribution is 2.23. The third kappa shape index (κ3) is 3.44. The molecule has 3 rings (SSSR count). The van der Waals surface area contributed by atoms with E-state index in [2.05, 4.69) is 4.98 Å². The van der Waals surface area contributed by atoms with Gasteiger partial charge in [0.05, 0.1) is 17.3 Å². The highest BCUT2D eigenvalue weighted by atomic mass is 32.2. The first-order valence-corrected chi connectivity index (χ1v) is 9.41. The van der Waals surface area contributed by atoms with Gasteiger partial charge in [-0.05, 0) is 31.0 Å². The molecule has 1 aromatic carbocycles. The van der Waals surface area contributed by atoms with Crippen LogP contribution in [0.5, 0.6) is 0 Å². The normalized spacial score (nSPS) is 18.8. The largest absolute Gasteiger partial charge is 0.337 e. The van der Waals surface area contributed by atoms with E-state index in [1.54, 1.807) is 29.6 Å². The number of rotatable bonds is 3. The van der Waals surface area contributed by atoms with Crippen molar-refractivity contribution in [1.82, 2.24) is 14.5 Å². The minimum absolute atomic E-state index is 0.125. The molecule has 0 saturated carbocycles. The zero-order valence-corrected chi connectivity index (χ0v) is 13.7. The van der Waals surface area contributed by atoms with Crippen molar-refractivity contribution in [1.29, 1.82) is 0 Å². The van der Waals surface area contributed by atoms with Gasteiger partial charge in [-0.25, -0.2) is 13.4 Å². The first kappa shape index (κ1) is 15.7. The van der Waals surface area contributed by atoms with Gasteiger partial charge >= 0.3 is 0 Å². The van der Waals surface area contributed by atoms with Gasteiger partial charge in [0.15, 0.2) is 9.84 Å². The number of piperidine rings is 1. The number of imidazole rings is 1. The smallest absolute Gasteiger partial charge is 0.253 e. The molecule has 7 heteroatoms. The van der Waals surface area contributed by atoms with Crippen LogP contribution < -0.4 is 0 Å². The maximum Gasteiger partial charge on any atom is 0.253 e. The molecular weight excluding hydrogens is 314 g/mol. The van der Waals surface area contributed by atoms with Crippen molar-refractivity contribution < 1.29 is 13.2 Å². The third-order valence-corrected chi connectivity index (χ3v) is 5.25. The summed E-state index contributed by atoms with van der Waals surface area (Å²) in [6.45, 7) is 1.30. The highest BCUT2D eigenvalue weighted by molar-refractivity contribution is 7.90. The SMILES string of the molecule is CS(=O)(=O)c1cccc(C(=O)N2CCCC(n3ccnc3)C2)c1. The van der Waals surface area contributed by atoms with Gasteiger partial charge in [0.25, 0.3) is 5.91 Å². The Balaban J connectivity index is 1.80. The van der Waals surface area contributed by atoms with Crippen molar-refractivity contribution in [2.75, 3.05) is 19.3 Å². The van der Waals surface area contributed by atoms with E-state index in [0.29, 0.717) is 18.7 Å². The Labute approximate surface area is 135 Å². The molecule has 1 aromatic heterocycles. The van der Waals surface area contributed by atoms with E-state index in [-0.39, 0.29) is 16.8 Å². The molecule has 0 radical (unpaired) electrons. The Hall–Kier alpha value is -2.15. The molecule has 0 aliphatic carbocycles. The Morgan fingerprint density at radius 1 is 1.35 bits per heavy atom. The Bertz CT molecular complexity index is 800. The summed E-state index contributed by atoms with van der Waals surface area (Å²) in [4.78, 5) is 18.7. The van der Waals surface area contributed by atoms with Crippen molar-refractivity contribution in [3.05, 3.63) is 48.5 Å². The van der Waals surface area contributed by atoms with Gasteiger partial charge in [-0.1, -0.05) is 6.07 Å². The number of likely N-dealkylation sites (tertiary alicyclic amines) is 1. The van der Waals surface area contributed by atoms with E-state index in [1.165, 1.54) is 12.1 Å². The van der Waals surface area contributed by atoms with E-state index in [1.807, 2.05) is 10.8 Å². The molecule has 1 aliphatic rings. The molecule has 1 atom stereocenters. The van der Waals surface area contributed by atoms with Crippen LogP contribution in [0.1, 0.15) is 29.2 Å². The quantitative estimate of drug-likeness (QED) is 0.858. The van der Waals surface area contributed by atoms with Crippen LogP contribution in [0.2, 0.25) is 0 Å². The molecule has 0 bridgehead atoms. The maximum atomic E-state index is 12.7. The third-order valence-electron chi connectivity index (χ3n) is 4.14. The summed E-state index contributed by atoms with van der Waals surface area (Å²) in [5.41, 5.74) is 0.416. The summed E-state index contributed by atoms with van der Waals surface area (Å²) in [5, 5.41) is 0. The Morgan fingerprint density at radius 2 is 2.17 bits per heavy atom. The van der Waals surface area contributed by atoms with E-state index in [9.17, 15) is 13.2 Å². The van der Waals surface area contributed by atoms with Crippen LogP contribution in [0, 0.1) is 0 Å². The van der Waals surface area contributed by atoms with Crippen LogP contribution in [0.15, 0.2) is 47.9 Å². The molecule has 6 nitrogen and oxygen atoms in total. The number of aromatic nitrogens is 2. The van der Waals surface area contributed by atoms with Crippen molar-refractivity contribution in [2.45, 2.75) is 23.8 Å². The number of sulfone groups is 1. The topological polar surface area (TPSA) is 72.3 Å². The predicted molar refractivity (Wildman–Crippen MR) is 86.0 cm³/mol. The molecule has 1 amide bonds. The van der Waals surface area contributed by atoms with E-state index < -0.39 is 9.84 Å². The van der Waals surface area contributed by atoms with Crippen molar-refractivity contribution >= 4 is 15.7 Å². The van der Waals surface area contributed by atoms with Gasteiger partial charge in [-0.15, -0.1) is 0 Å². The van der Waals surface area contributed by atoms with E-state index in [0.717, 1.165) is 19.1 Å². The van der Waals surface area contributed by atoms with Gasteiger partial charge in [0.2, 0.25) is 0 Å². The number of nitrogens with zero attached hydrogens (tertiary/aromatic N) is 3. The van der Waals surface area contributed by atoms with Crippen molar-refractivity contribution in [3.63, 3.8) is 0 Å². The Kier molecular flexibility index (Phi) is 4.21. The summed E-state index contributed by atoms with van der Waals surface area (Å²) >= 11 is 0. The van der Waals surface area contributed by atoms with Gasteiger partial charge in [-0.2, -0.15) is 0 Å². The monoisotopic (exact) mass is 333 g/mol. The standard InChI is InChI=1S/C16H19N3O3S/c1-23(21,22)15-6-2-4-13(10-15)16(20)18-8-3-5-14(11-18)19-9-7-17-12-19/h2,4,6-7,9-10,12,14H,3,5,8,11H2,1H3. The van der Waals surface area contributed by atoms with Gasteiger partial charge in [0, 0.05) is 37.3 Å². The summed E-state index contributed by atoms with van der Waals surface area (Å²) in [5.74, 6) is -0.125. The van der Waals surface area contributed by atoms with E-state index in [4.69, 9.17) is 0 Å². The zero-order valence-electron chi connectivity index (χ0n) is 12.9. The van der Waals surface area contributed by atoms with Crippen LogP contribution in [-0.4, -0.2) is 48.1 Å². The van der Waals surface area contributed by atoms with Gasteiger partial charge < -0.3 is 9.47 Å². The molecule has 23 heavy (non-hydrogen) atoms. The second-order valence-electron chi connectivity index (χ2n) is 5.86. The molecule has 1 fully saturated rings. The molecule has 1 aliphatic heterocycles. The first-order chi connectivity index (χ1) is 10.9. The lowest BCUT2D eigenvalue weighted by atomic mass is 10.0. The van der Waals surface area contributed by atoms with Crippen LogP contribution in [-0.2, 0) is 9.84 Å². The second kappa shape index (κ2) is 6.16. The first-order valence-electron chi connectivity index (χ1n) is 7.52. The number of carbonyl (C=O) groups is 1.